The zero-order valence-corrected chi connectivity index (χ0v) is 9.03. The molecule has 0 aromatic rings. The van der Waals surface area contributed by atoms with Crippen molar-refractivity contribution in [2.75, 3.05) is 37.0 Å². The monoisotopic (exact) mass is 209 g/mol. The quantitative estimate of drug-likeness (QED) is 0.500. The lowest BCUT2D eigenvalue weighted by Gasteiger charge is -2.18. The third-order valence-corrected chi connectivity index (χ3v) is 3.82. The summed E-state index contributed by atoms with van der Waals surface area (Å²) in [6.45, 7) is 5.09. The second kappa shape index (κ2) is 5.32. The van der Waals surface area contributed by atoms with E-state index >= 15 is 0 Å². The highest BCUT2D eigenvalue weighted by atomic mass is 35.5. The number of hydrogen-bond acceptors (Lipinski definition) is 2. The molecule has 2 nitrogen and oxygen atoms in total. The summed E-state index contributed by atoms with van der Waals surface area (Å²) in [7, 11) is 0. The molecule has 72 valence electrons. The Bertz CT molecular complexity index is 136. The first-order valence-corrected chi connectivity index (χ1v) is 6.38. The highest BCUT2D eigenvalue weighted by Crippen LogP contribution is 2.10. The van der Waals surface area contributed by atoms with Crippen molar-refractivity contribution < 1.29 is 4.55 Å². The van der Waals surface area contributed by atoms with Crippen LogP contribution in [0.3, 0.4) is 0 Å². The number of nitrogens with zero attached hydrogens (tertiary/aromatic N) is 1. The van der Waals surface area contributed by atoms with E-state index in [1.807, 2.05) is 0 Å². The van der Waals surface area contributed by atoms with Gasteiger partial charge in [0, 0.05) is 31.4 Å². The van der Waals surface area contributed by atoms with E-state index in [0.29, 0.717) is 11.8 Å². The molecule has 1 rings (SSSR count). The van der Waals surface area contributed by atoms with E-state index in [2.05, 4.69) is 11.8 Å². The van der Waals surface area contributed by atoms with E-state index in [-0.39, 0.29) is 0 Å². The van der Waals surface area contributed by atoms with Crippen LogP contribution in [0.1, 0.15) is 6.92 Å². The van der Waals surface area contributed by atoms with Gasteiger partial charge in [-0.1, -0.05) is 18.1 Å². The average Bonchev–Trinajstić information content (AvgIpc) is 2.13. The Balaban J connectivity index is 2.35. The summed E-state index contributed by atoms with van der Waals surface area (Å²) >= 11 is 5.06. The van der Waals surface area contributed by atoms with Crippen LogP contribution < -0.4 is 0 Å². The van der Waals surface area contributed by atoms with Crippen LogP contribution >= 0.6 is 11.6 Å². The predicted molar refractivity (Wildman–Crippen MR) is 54.2 cm³/mol. The van der Waals surface area contributed by atoms with Crippen molar-refractivity contribution in [1.29, 1.82) is 0 Å². The number of halogens is 1. The Morgan fingerprint density at radius 3 is 3.08 bits per heavy atom. The normalized spacial score (nSPS) is 33.2. The van der Waals surface area contributed by atoms with Gasteiger partial charge in [-0.25, -0.2) is 0 Å². The van der Waals surface area contributed by atoms with Gasteiger partial charge in [0.2, 0.25) is 0 Å². The summed E-state index contributed by atoms with van der Waals surface area (Å²) in [6.07, 6.45) is 0. The number of alkyl halides is 1. The van der Waals surface area contributed by atoms with Gasteiger partial charge in [0.05, 0.1) is 0 Å². The Labute approximate surface area is 82.4 Å². The molecule has 1 heterocycles. The van der Waals surface area contributed by atoms with E-state index < -0.39 is 11.2 Å². The van der Waals surface area contributed by atoms with E-state index in [1.165, 1.54) is 0 Å². The van der Waals surface area contributed by atoms with Crippen LogP contribution in [0.4, 0.5) is 0 Å². The second-order valence-corrected chi connectivity index (χ2v) is 5.40. The maximum atomic E-state index is 11.3. The smallest absolute Gasteiger partial charge is 0.118 e. The van der Waals surface area contributed by atoms with E-state index in [9.17, 15) is 4.55 Å². The first kappa shape index (κ1) is 10.6. The minimum atomic E-state index is -0.597. The van der Waals surface area contributed by atoms with Crippen LogP contribution in [0.2, 0.25) is 0 Å². The first-order valence-electron chi connectivity index (χ1n) is 4.35. The van der Waals surface area contributed by atoms with Crippen molar-refractivity contribution in [3.05, 3.63) is 0 Å². The minimum Gasteiger partial charge on any atom is -0.616 e. The second-order valence-electron chi connectivity index (χ2n) is 3.41. The summed E-state index contributed by atoms with van der Waals surface area (Å²) in [6, 6.07) is 0. The molecule has 0 N–H and O–H groups in total. The molecule has 1 saturated heterocycles. The minimum absolute atomic E-state index is 0.552. The van der Waals surface area contributed by atoms with Crippen molar-refractivity contribution >= 4 is 22.8 Å². The van der Waals surface area contributed by atoms with Crippen LogP contribution in [0, 0.1) is 5.92 Å². The molecule has 12 heavy (non-hydrogen) atoms. The third-order valence-electron chi connectivity index (χ3n) is 2.08. The molecular formula is C8H16ClNOS. The summed E-state index contributed by atoms with van der Waals surface area (Å²) in [5.41, 5.74) is 0. The molecule has 4 heteroatoms. The Kier molecular flexibility index (Phi) is 4.72. The van der Waals surface area contributed by atoms with Crippen LogP contribution in [-0.4, -0.2) is 46.5 Å². The molecule has 0 aromatic heterocycles. The maximum absolute atomic E-state index is 11.3. The summed E-state index contributed by atoms with van der Waals surface area (Å²) in [4.78, 5) is 2.31. The molecule has 0 aliphatic carbocycles. The largest absolute Gasteiger partial charge is 0.616 e. The van der Waals surface area contributed by atoms with Crippen LogP contribution in [0.5, 0.6) is 0 Å². The van der Waals surface area contributed by atoms with Crippen molar-refractivity contribution in [3.63, 3.8) is 0 Å². The van der Waals surface area contributed by atoms with Gasteiger partial charge in [0.15, 0.2) is 0 Å². The van der Waals surface area contributed by atoms with Gasteiger partial charge in [-0.3, -0.25) is 4.90 Å². The standard InChI is InChI=1S/C8H16ClNOS/c1-8-6-10(3-2-9)4-5-12(11)7-8/h8H,2-7H2,1H3. The SMILES string of the molecule is CC1CN(CCCl)CC[S+]([O-])C1. The molecule has 2 atom stereocenters. The maximum Gasteiger partial charge on any atom is 0.118 e. The highest BCUT2D eigenvalue weighted by molar-refractivity contribution is 7.91. The van der Waals surface area contributed by atoms with Crippen molar-refractivity contribution in [2.45, 2.75) is 6.92 Å². The lowest BCUT2D eigenvalue weighted by Crippen LogP contribution is -2.30. The van der Waals surface area contributed by atoms with Gasteiger partial charge in [-0.05, 0) is 0 Å². The Morgan fingerprint density at radius 1 is 1.67 bits per heavy atom. The zero-order valence-electron chi connectivity index (χ0n) is 7.46. The predicted octanol–water partition coefficient (Wildman–Crippen LogP) is 0.926. The van der Waals surface area contributed by atoms with Gasteiger partial charge in [-0.15, -0.1) is 11.6 Å². The fourth-order valence-electron chi connectivity index (χ4n) is 1.54. The van der Waals surface area contributed by atoms with E-state index in [1.54, 1.807) is 0 Å². The molecule has 0 saturated carbocycles. The van der Waals surface area contributed by atoms with Gasteiger partial charge < -0.3 is 4.55 Å². The molecule has 2 unspecified atom stereocenters. The van der Waals surface area contributed by atoms with Gasteiger partial charge >= 0.3 is 0 Å². The van der Waals surface area contributed by atoms with Crippen LogP contribution in [0.15, 0.2) is 0 Å². The topological polar surface area (TPSA) is 26.3 Å². The lowest BCUT2D eigenvalue weighted by atomic mass is 10.2. The Morgan fingerprint density at radius 2 is 2.42 bits per heavy atom. The Hall–Kier alpha value is 0.560. The molecule has 1 fully saturated rings. The molecule has 0 bridgehead atoms. The van der Waals surface area contributed by atoms with Crippen molar-refractivity contribution in [1.82, 2.24) is 4.90 Å². The number of hydrogen-bond donors (Lipinski definition) is 0. The third kappa shape index (κ3) is 3.52. The van der Waals surface area contributed by atoms with Crippen LogP contribution in [0.25, 0.3) is 0 Å². The fraction of sp³-hybridized carbons (Fsp3) is 1.00. The molecular weight excluding hydrogens is 194 g/mol. The zero-order chi connectivity index (χ0) is 8.97. The molecule has 0 aromatic carbocycles. The molecule has 1 aliphatic rings. The molecule has 0 amide bonds. The lowest BCUT2D eigenvalue weighted by molar-refractivity contribution is 0.280. The van der Waals surface area contributed by atoms with Gasteiger partial charge in [0.1, 0.15) is 11.5 Å². The number of rotatable bonds is 2. The summed E-state index contributed by atoms with van der Waals surface area (Å²) in [5, 5.41) is 0. The average molecular weight is 210 g/mol. The molecule has 0 spiro atoms. The van der Waals surface area contributed by atoms with Gasteiger partial charge in [0.25, 0.3) is 0 Å². The van der Waals surface area contributed by atoms with Crippen molar-refractivity contribution in [2.24, 2.45) is 5.92 Å². The van der Waals surface area contributed by atoms with E-state index in [0.717, 1.165) is 31.1 Å². The van der Waals surface area contributed by atoms with E-state index in [4.69, 9.17) is 11.6 Å². The highest BCUT2D eigenvalue weighted by Gasteiger charge is 2.21. The van der Waals surface area contributed by atoms with Gasteiger partial charge in [-0.2, -0.15) is 0 Å². The van der Waals surface area contributed by atoms with Crippen LogP contribution in [-0.2, 0) is 11.2 Å². The molecule has 1 aliphatic heterocycles. The summed E-state index contributed by atoms with van der Waals surface area (Å²) in [5.74, 6) is 2.91. The fourth-order valence-corrected chi connectivity index (χ4v) is 3.15. The summed E-state index contributed by atoms with van der Waals surface area (Å²) < 4.78 is 11.3. The van der Waals surface area contributed by atoms with Crippen molar-refractivity contribution in [3.8, 4) is 0 Å². The first-order chi connectivity index (χ1) is 5.72. The molecule has 0 radical (unpaired) electrons.